The van der Waals surface area contributed by atoms with Crippen molar-refractivity contribution in [1.29, 1.82) is 0 Å². The quantitative estimate of drug-likeness (QED) is 0.532. The Morgan fingerprint density at radius 2 is 1.50 bits per heavy atom. The number of aryl methyl sites for hydroxylation is 1. The highest BCUT2D eigenvalue weighted by molar-refractivity contribution is 6.40. The van der Waals surface area contributed by atoms with Gasteiger partial charge in [0.15, 0.2) is 5.54 Å². The SMILES string of the molecule is Cc1ccc(Cl)c(NC(=O)CN2C(=O)NC(c3ccccc3)(c3ccccc3)C2=O)c1Cl. The monoisotopic (exact) mass is 467 g/mol. The number of carbonyl (C=O) groups excluding carboxylic acids is 3. The van der Waals surface area contributed by atoms with Crippen LogP contribution < -0.4 is 10.6 Å². The molecule has 0 aliphatic carbocycles. The summed E-state index contributed by atoms with van der Waals surface area (Å²) in [5, 5.41) is 5.98. The summed E-state index contributed by atoms with van der Waals surface area (Å²) in [5.74, 6) is -1.14. The smallest absolute Gasteiger partial charge is 0.322 e. The first kappa shape index (κ1) is 21.9. The van der Waals surface area contributed by atoms with Crippen LogP contribution >= 0.6 is 23.2 Å². The molecule has 0 aromatic heterocycles. The number of hydrogen-bond donors (Lipinski definition) is 2. The van der Waals surface area contributed by atoms with E-state index in [1.54, 1.807) is 67.6 Å². The van der Waals surface area contributed by atoms with Gasteiger partial charge in [0.05, 0.1) is 15.7 Å². The third-order valence-corrected chi connectivity index (χ3v) is 6.17. The van der Waals surface area contributed by atoms with Crippen LogP contribution in [0.2, 0.25) is 10.0 Å². The molecule has 2 N–H and O–H groups in total. The van der Waals surface area contributed by atoms with E-state index < -0.39 is 29.9 Å². The van der Waals surface area contributed by atoms with Crippen molar-refractivity contribution in [2.24, 2.45) is 0 Å². The summed E-state index contributed by atoms with van der Waals surface area (Å²) in [7, 11) is 0. The maximum absolute atomic E-state index is 13.6. The number of nitrogens with zero attached hydrogens (tertiary/aromatic N) is 1. The van der Waals surface area contributed by atoms with Crippen molar-refractivity contribution in [2.45, 2.75) is 12.5 Å². The number of nitrogens with one attached hydrogen (secondary N) is 2. The summed E-state index contributed by atoms with van der Waals surface area (Å²) in [4.78, 5) is 40.2. The second-order valence-electron chi connectivity index (χ2n) is 7.40. The van der Waals surface area contributed by atoms with Gasteiger partial charge in [0.25, 0.3) is 5.91 Å². The average Bonchev–Trinajstić information content (AvgIpc) is 3.06. The van der Waals surface area contributed by atoms with Gasteiger partial charge in [-0.25, -0.2) is 4.79 Å². The molecule has 1 aliphatic heterocycles. The molecule has 1 heterocycles. The fourth-order valence-electron chi connectivity index (χ4n) is 3.75. The van der Waals surface area contributed by atoms with Crippen molar-refractivity contribution in [1.82, 2.24) is 10.2 Å². The summed E-state index contributed by atoms with van der Waals surface area (Å²) < 4.78 is 0. The summed E-state index contributed by atoms with van der Waals surface area (Å²) in [6.45, 7) is 1.28. The van der Waals surface area contributed by atoms with Crippen molar-refractivity contribution in [2.75, 3.05) is 11.9 Å². The molecule has 0 bridgehead atoms. The van der Waals surface area contributed by atoms with Crippen LogP contribution in [0.1, 0.15) is 16.7 Å². The van der Waals surface area contributed by atoms with E-state index in [2.05, 4.69) is 10.6 Å². The second kappa shape index (κ2) is 8.65. The Bertz CT molecular complexity index is 1160. The summed E-state index contributed by atoms with van der Waals surface area (Å²) >= 11 is 12.4. The molecule has 162 valence electrons. The molecule has 0 saturated carbocycles. The normalized spacial score (nSPS) is 14.9. The molecule has 4 amide bonds. The standard InChI is InChI=1S/C24H19Cl2N3O3/c1-15-12-13-18(25)21(20(15)26)27-19(30)14-29-22(31)24(28-23(29)32,16-8-4-2-5-9-16)17-10-6-3-7-11-17/h2-13H,14H2,1H3,(H,27,30)(H,28,32). The zero-order valence-electron chi connectivity index (χ0n) is 17.1. The van der Waals surface area contributed by atoms with Gasteiger partial charge in [0.2, 0.25) is 5.91 Å². The highest BCUT2D eigenvalue weighted by Gasteiger charge is 2.54. The Kier molecular flexibility index (Phi) is 5.91. The van der Waals surface area contributed by atoms with Crippen LogP contribution in [0.25, 0.3) is 0 Å². The van der Waals surface area contributed by atoms with Crippen molar-refractivity contribution in [3.05, 3.63) is 99.5 Å². The Morgan fingerprint density at radius 1 is 0.938 bits per heavy atom. The molecular weight excluding hydrogens is 449 g/mol. The number of imide groups is 1. The van der Waals surface area contributed by atoms with Crippen LogP contribution in [0.15, 0.2) is 72.8 Å². The molecule has 3 aromatic carbocycles. The number of benzene rings is 3. The summed E-state index contributed by atoms with van der Waals surface area (Å²) in [5.41, 5.74) is 0.726. The number of urea groups is 1. The van der Waals surface area contributed by atoms with E-state index in [0.29, 0.717) is 16.1 Å². The fourth-order valence-corrected chi connectivity index (χ4v) is 4.21. The average molecular weight is 468 g/mol. The van der Waals surface area contributed by atoms with E-state index in [1.807, 2.05) is 12.1 Å². The van der Waals surface area contributed by atoms with E-state index in [4.69, 9.17) is 23.2 Å². The second-order valence-corrected chi connectivity index (χ2v) is 8.19. The number of halogens is 2. The third-order valence-electron chi connectivity index (χ3n) is 5.37. The van der Waals surface area contributed by atoms with E-state index in [1.165, 1.54) is 0 Å². The number of anilines is 1. The lowest BCUT2D eigenvalue weighted by Crippen LogP contribution is -2.45. The van der Waals surface area contributed by atoms with Gasteiger partial charge in [0, 0.05) is 0 Å². The Balaban J connectivity index is 1.66. The fraction of sp³-hybridized carbons (Fsp3) is 0.125. The molecule has 0 atom stereocenters. The zero-order chi connectivity index (χ0) is 22.9. The summed E-state index contributed by atoms with van der Waals surface area (Å²) in [6.07, 6.45) is 0. The minimum atomic E-state index is -1.43. The molecule has 3 aromatic rings. The molecular formula is C24H19Cl2N3O3. The first-order valence-corrected chi connectivity index (χ1v) is 10.6. The minimum Gasteiger partial charge on any atom is -0.322 e. The highest BCUT2D eigenvalue weighted by atomic mass is 35.5. The van der Waals surface area contributed by atoms with Gasteiger partial charge in [0.1, 0.15) is 6.54 Å². The molecule has 1 aliphatic rings. The van der Waals surface area contributed by atoms with Gasteiger partial charge < -0.3 is 10.6 Å². The van der Waals surface area contributed by atoms with Gasteiger partial charge in [-0.3, -0.25) is 14.5 Å². The van der Waals surface area contributed by atoms with Crippen LogP contribution in [0.5, 0.6) is 0 Å². The predicted molar refractivity (Wildman–Crippen MR) is 124 cm³/mol. The number of amides is 4. The van der Waals surface area contributed by atoms with Gasteiger partial charge in [-0.2, -0.15) is 0 Å². The topological polar surface area (TPSA) is 78.5 Å². The van der Waals surface area contributed by atoms with Gasteiger partial charge >= 0.3 is 6.03 Å². The van der Waals surface area contributed by atoms with E-state index >= 15 is 0 Å². The predicted octanol–water partition coefficient (Wildman–Crippen LogP) is 4.74. The van der Waals surface area contributed by atoms with Crippen LogP contribution in [0.3, 0.4) is 0 Å². The van der Waals surface area contributed by atoms with Gasteiger partial charge in [-0.05, 0) is 29.7 Å². The molecule has 0 radical (unpaired) electrons. The maximum atomic E-state index is 13.6. The molecule has 8 heteroatoms. The number of carbonyl (C=O) groups is 3. The molecule has 32 heavy (non-hydrogen) atoms. The molecule has 6 nitrogen and oxygen atoms in total. The van der Waals surface area contributed by atoms with E-state index in [0.717, 1.165) is 10.5 Å². The lowest BCUT2D eigenvalue weighted by atomic mass is 9.82. The lowest BCUT2D eigenvalue weighted by molar-refractivity contribution is -0.133. The first-order valence-electron chi connectivity index (χ1n) is 9.84. The van der Waals surface area contributed by atoms with Crippen LogP contribution in [-0.4, -0.2) is 29.3 Å². The zero-order valence-corrected chi connectivity index (χ0v) is 18.6. The Hall–Kier alpha value is -3.35. The largest absolute Gasteiger partial charge is 0.326 e. The Morgan fingerprint density at radius 3 is 2.06 bits per heavy atom. The minimum absolute atomic E-state index is 0.239. The Labute approximate surface area is 195 Å². The maximum Gasteiger partial charge on any atom is 0.326 e. The third kappa shape index (κ3) is 3.72. The molecule has 0 spiro atoms. The van der Waals surface area contributed by atoms with Crippen molar-refractivity contribution >= 4 is 46.7 Å². The number of rotatable bonds is 5. The first-order chi connectivity index (χ1) is 15.3. The molecule has 1 saturated heterocycles. The molecule has 1 fully saturated rings. The van der Waals surface area contributed by atoms with Crippen molar-refractivity contribution < 1.29 is 14.4 Å². The van der Waals surface area contributed by atoms with Crippen LogP contribution in [0, 0.1) is 6.92 Å². The van der Waals surface area contributed by atoms with Crippen molar-refractivity contribution in [3.63, 3.8) is 0 Å². The highest BCUT2D eigenvalue weighted by Crippen LogP contribution is 2.36. The lowest BCUT2D eigenvalue weighted by Gasteiger charge is -2.28. The van der Waals surface area contributed by atoms with E-state index in [9.17, 15) is 14.4 Å². The van der Waals surface area contributed by atoms with Crippen molar-refractivity contribution in [3.8, 4) is 0 Å². The van der Waals surface area contributed by atoms with Crippen LogP contribution in [-0.2, 0) is 15.1 Å². The van der Waals surface area contributed by atoms with Crippen LogP contribution in [0.4, 0.5) is 10.5 Å². The number of hydrogen-bond acceptors (Lipinski definition) is 3. The van der Waals surface area contributed by atoms with Gasteiger partial charge in [-0.1, -0.05) is 89.9 Å². The molecule has 4 rings (SSSR count). The molecule has 0 unspecified atom stereocenters. The van der Waals surface area contributed by atoms with E-state index in [-0.39, 0.29) is 10.7 Å². The summed E-state index contributed by atoms with van der Waals surface area (Å²) in [6, 6.07) is 20.5. The van der Waals surface area contributed by atoms with Gasteiger partial charge in [-0.15, -0.1) is 0 Å².